The van der Waals surface area contributed by atoms with Gasteiger partial charge in [-0.25, -0.2) is 4.68 Å². The lowest BCUT2D eigenvalue weighted by Gasteiger charge is -2.25. The molecule has 1 aliphatic heterocycles. The van der Waals surface area contributed by atoms with Gasteiger partial charge in [0.25, 0.3) is 0 Å². The molecule has 1 atom stereocenters. The number of aryl methyl sites for hydroxylation is 1. The van der Waals surface area contributed by atoms with Crippen LogP contribution >= 0.6 is 0 Å². The lowest BCUT2D eigenvalue weighted by molar-refractivity contribution is -0.117. The van der Waals surface area contributed by atoms with E-state index in [9.17, 15) is 4.79 Å². The van der Waals surface area contributed by atoms with Crippen LogP contribution in [0.15, 0.2) is 30.6 Å². The fourth-order valence-corrected chi connectivity index (χ4v) is 2.34. The van der Waals surface area contributed by atoms with Gasteiger partial charge in [-0.3, -0.25) is 10.1 Å². The van der Waals surface area contributed by atoms with Gasteiger partial charge in [-0.15, -0.1) is 0 Å². The Morgan fingerprint density at radius 3 is 3.11 bits per heavy atom. The van der Waals surface area contributed by atoms with E-state index in [0.29, 0.717) is 12.5 Å². The summed E-state index contributed by atoms with van der Waals surface area (Å²) < 4.78 is 1.54. The number of hydrogen-bond acceptors (Lipinski definition) is 4. The zero-order valence-electron chi connectivity index (χ0n) is 10.6. The number of carbonyl (C=O) groups is 1. The van der Waals surface area contributed by atoms with E-state index in [-0.39, 0.29) is 11.8 Å². The van der Waals surface area contributed by atoms with Crippen molar-refractivity contribution in [1.29, 1.82) is 0 Å². The Bertz CT molecular complexity index is 607. The van der Waals surface area contributed by atoms with Crippen LogP contribution in [-0.4, -0.2) is 27.2 Å². The van der Waals surface area contributed by atoms with Crippen molar-refractivity contribution in [1.82, 2.24) is 20.1 Å². The van der Waals surface area contributed by atoms with Crippen LogP contribution in [0.3, 0.4) is 0 Å². The van der Waals surface area contributed by atoms with Crippen LogP contribution in [0.5, 0.6) is 0 Å². The number of amides is 1. The summed E-state index contributed by atoms with van der Waals surface area (Å²) >= 11 is 0. The van der Waals surface area contributed by atoms with E-state index < -0.39 is 0 Å². The Balaban J connectivity index is 1.84. The second-order valence-electron chi connectivity index (χ2n) is 4.58. The molecule has 1 aromatic heterocycles. The minimum Gasteiger partial charge on any atom is -0.312 e. The van der Waals surface area contributed by atoms with Gasteiger partial charge in [-0.2, -0.15) is 10.1 Å². The summed E-state index contributed by atoms with van der Waals surface area (Å²) in [6.45, 7) is 1.45. The summed E-state index contributed by atoms with van der Waals surface area (Å²) in [7, 11) is 1.75. The van der Waals surface area contributed by atoms with Gasteiger partial charge in [-0.05, 0) is 11.1 Å². The highest BCUT2D eigenvalue weighted by Crippen LogP contribution is 2.24. The summed E-state index contributed by atoms with van der Waals surface area (Å²) in [6, 6.07) is 8.01. The van der Waals surface area contributed by atoms with Gasteiger partial charge in [0, 0.05) is 20.1 Å². The molecule has 2 heterocycles. The molecule has 0 saturated carbocycles. The molecule has 0 radical (unpaired) electrons. The molecule has 1 aliphatic rings. The van der Waals surface area contributed by atoms with Gasteiger partial charge < -0.3 is 5.32 Å². The van der Waals surface area contributed by atoms with Gasteiger partial charge >= 0.3 is 0 Å². The second-order valence-corrected chi connectivity index (χ2v) is 4.58. The van der Waals surface area contributed by atoms with Gasteiger partial charge in [0.05, 0.1) is 5.92 Å². The Kier molecular flexibility index (Phi) is 3.00. The smallest absolute Gasteiger partial charge is 0.235 e. The Labute approximate surface area is 110 Å². The van der Waals surface area contributed by atoms with E-state index in [2.05, 4.69) is 20.7 Å². The largest absolute Gasteiger partial charge is 0.312 e. The van der Waals surface area contributed by atoms with E-state index in [1.807, 2.05) is 24.3 Å². The average molecular weight is 257 g/mol. The molecule has 0 spiro atoms. The van der Waals surface area contributed by atoms with Gasteiger partial charge in [0.2, 0.25) is 11.9 Å². The van der Waals surface area contributed by atoms with Crippen molar-refractivity contribution in [3.63, 3.8) is 0 Å². The van der Waals surface area contributed by atoms with Gasteiger partial charge in [0.15, 0.2) is 0 Å². The molecule has 1 amide bonds. The number of carbonyl (C=O) groups excluding carboxylic acids is 1. The topological polar surface area (TPSA) is 71.8 Å². The number of anilines is 1. The predicted molar refractivity (Wildman–Crippen MR) is 70.5 cm³/mol. The summed E-state index contributed by atoms with van der Waals surface area (Å²) in [4.78, 5) is 16.4. The molecule has 6 heteroatoms. The Hall–Kier alpha value is -2.21. The van der Waals surface area contributed by atoms with Crippen LogP contribution in [0.25, 0.3) is 0 Å². The van der Waals surface area contributed by atoms with Crippen molar-refractivity contribution in [3.05, 3.63) is 41.7 Å². The average Bonchev–Trinajstić information content (AvgIpc) is 2.83. The fourth-order valence-electron chi connectivity index (χ4n) is 2.34. The second kappa shape index (κ2) is 4.81. The van der Waals surface area contributed by atoms with Crippen LogP contribution in [0.1, 0.15) is 17.0 Å². The summed E-state index contributed by atoms with van der Waals surface area (Å²) in [6.07, 6.45) is 1.42. The van der Waals surface area contributed by atoms with E-state index in [1.54, 1.807) is 11.7 Å². The molecule has 2 aromatic rings. The maximum atomic E-state index is 12.3. The van der Waals surface area contributed by atoms with E-state index in [0.717, 1.165) is 12.1 Å². The molecule has 1 unspecified atom stereocenters. The number of benzene rings is 1. The first-order valence-corrected chi connectivity index (χ1v) is 6.19. The predicted octanol–water partition coefficient (Wildman–Crippen LogP) is 0.641. The number of hydrogen-bond donors (Lipinski definition) is 2. The van der Waals surface area contributed by atoms with Crippen LogP contribution in [0.4, 0.5) is 5.95 Å². The third-order valence-electron chi connectivity index (χ3n) is 3.36. The van der Waals surface area contributed by atoms with E-state index in [1.165, 1.54) is 11.9 Å². The molecule has 1 aromatic carbocycles. The van der Waals surface area contributed by atoms with Crippen molar-refractivity contribution < 1.29 is 4.79 Å². The lowest BCUT2D eigenvalue weighted by Crippen LogP contribution is -2.35. The normalized spacial score (nSPS) is 17.8. The van der Waals surface area contributed by atoms with Crippen molar-refractivity contribution in [3.8, 4) is 0 Å². The van der Waals surface area contributed by atoms with Crippen LogP contribution in [-0.2, 0) is 18.4 Å². The van der Waals surface area contributed by atoms with E-state index >= 15 is 0 Å². The third-order valence-corrected chi connectivity index (χ3v) is 3.36. The van der Waals surface area contributed by atoms with Crippen LogP contribution < -0.4 is 10.6 Å². The van der Waals surface area contributed by atoms with Gasteiger partial charge in [0.1, 0.15) is 6.33 Å². The lowest BCUT2D eigenvalue weighted by atomic mass is 9.90. The molecule has 0 fully saturated rings. The first-order chi connectivity index (χ1) is 9.25. The quantitative estimate of drug-likeness (QED) is 0.828. The maximum Gasteiger partial charge on any atom is 0.235 e. The molecular formula is C13H15N5O. The highest BCUT2D eigenvalue weighted by atomic mass is 16.2. The van der Waals surface area contributed by atoms with Crippen molar-refractivity contribution in [2.45, 2.75) is 12.5 Å². The molecule has 3 rings (SSSR count). The highest BCUT2D eigenvalue weighted by molar-refractivity contribution is 5.95. The minimum absolute atomic E-state index is 0.0595. The molecule has 0 bridgehead atoms. The third kappa shape index (κ3) is 2.22. The number of aromatic nitrogens is 3. The van der Waals surface area contributed by atoms with Gasteiger partial charge in [-0.1, -0.05) is 24.3 Å². The SMILES string of the molecule is Cn1ncnc1NC(=O)C1CNCc2ccccc21. The first-order valence-electron chi connectivity index (χ1n) is 6.19. The summed E-state index contributed by atoms with van der Waals surface area (Å²) in [5.74, 6) is 0.213. The highest BCUT2D eigenvalue weighted by Gasteiger charge is 2.26. The van der Waals surface area contributed by atoms with Crippen molar-refractivity contribution in [2.75, 3.05) is 11.9 Å². The molecule has 0 aliphatic carbocycles. The maximum absolute atomic E-state index is 12.3. The van der Waals surface area contributed by atoms with Crippen LogP contribution in [0.2, 0.25) is 0 Å². The molecular weight excluding hydrogens is 242 g/mol. The summed E-state index contributed by atoms with van der Waals surface area (Å²) in [5.41, 5.74) is 2.26. The molecule has 98 valence electrons. The molecule has 2 N–H and O–H groups in total. The molecule has 0 saturated heterocycles. The van der Waals surface area contributed by atoms with Crippen molar-refractivity contribution in [2.24, 2.45) is 7.05 Å². The summed E-state index contributed by atoms with van der Waals surface area (Å²) in [5, 5.41) is 10.0. The van der Waals surface area contributed by atoms with Crippen LogP contribution in [0, 0.1) is 0 Å². The zero-order chi connectivity index (χ0) is 13.2. The molecule has 6 nitrogen and oxygen atoms in total. The van der Waals surface area contributed by atoms with Crippen molar-refractivity contribution >= 4 is 11.9 Å². The minimum atomic E-state index is -0.193. The number of fused-ring (bicyclic) bond motifs is 1. The standard InChI is InChI=1S/C13H15N5O/c1-18-13(15-8-16-18)17-12(19)11-7-14-6-9-4-2-3-5-10(9)11/h2-5,8,11,14H,6-7H2,1H3,(H,15,16,17,19). The molecule has 19 heavy (non-hydrogen) atoms. The first kappa shape index (κ1) is 11.9. The Morgan fingerprint density at radius 2 is 2.32 bits per heavy atom. The monoisotopic (exact) mass is 257 g/mol. The number of nitrogens with one attached hydrogen (secondary N) is 2. The number of rotatable bonds is 2. The fraction of sp³-hybridized carbons (Fsp3) is 0.308. The van der Waals surface area contributed by atoms with E-state index in [4.69, 9.17) is 0 Å². The number of nitrogens with zero attached hydrogens (tertiary/aromatic N) is 3. The zero-order valence-corrected chi connectivity index (χ0v) is 10.6. The Morgan fingerprint density at radius 1 is 1.47 bits per heavy atom.